The number of amides is 1. The summed E-state index contributed by atoms with van der Waals surface area (Å²) in [7, 11) is 0. The first kappa shape index (κ1) is 21.5. The van der Waals surface area contributed by atoms with Crippen LogP contribution >= 0.6 is 0 Å². The Kier molecular flexibility index (Phi) is 6.54. The van der Waals surface area contributed by atoms with Gasteiger partial charge in [0.15, 0.2) is 5.78 Å². The largest absolute Gasteiger partial charge is 0.444 e. The molecule has 0 saturated heterocycles. The van der Waals surface area contributed by atoms with Gasteiger partial charge in [0.25, 0.3) is 0 Å². The molecule has 158 valence electrons. The van der Waals surface area contributed by atoms with Gasteiger partial charge in [-0.25, -0.2) is 4.79 Å². The minimum absolute atomic E-state index is 0.00164. The number of ether oxygens (including phenoxy) is 1. The lowest BCUT2D eigenvalue weighted by atomic mass is 9.77. The van der Waals surface area contributed by atoms with E-state index in [1.165, 1.54) is 23.3 Å². The summed E-state index contributed by atoms with van der Waals surface area (Å²) in [5, 5.41) is 0. The molecule has 0 spiro atoms. The average molecular weight is 419 g/mol. The van der Waals surface area contributed by atoms with Crippen molar-refractivity contribution in [2.75, 3.05) is 0 Å². The number of hydrogen-bond acceptors (Lipinski definition) is 4. The number of alkyl halides is 3. The second-order valence-corrected chi connectivity index (χ2v) is 7.08. The first-order chi connectivity index (χ1) is 14.3. The lowest BCUT2D eigenvalue weighted by molar-refractivity contribution is -0.124. The molecule has 5 nitrogen and oxygen atoms in total. The van der Waals surface area contributed by atoms with Gasteiger partial charge in [-0.15, -0.1) is 0 Å². The van der Waals surface area contributed by atoms with Crippen molar-refractivity contribution in [3.63, 3.8) is 0 Å². The molecule has 3 atom stereocenters. The monoisotopic (exact) mass is 419 g/mol. The summed E-state index contributed by atoms with van der Waals surface area (Å²) in [5.74, 6) is -1.77. The third kappa shape index (κ3) is 4.87. The number of aldehydes is 1. The standard InChI is InChI=1S/C22H20F3NO4/c23-22(24,25)17-8-6-16(7-9-17)20-18(11-13-27)19(28)10-12-26(20)21(29)30-14-15-4-2-1-3-5-15/h1-6,8-10,12-13,16,18,20H,7,11,14H2/t16?,18-,20+/m1/s1. The fraction of sp³-hybridized carbons (Fsp3) is 0.318. The predicted molar refractivity (Wildman–Crippen MR) is 102 cm³/mol. The van der Waals surface area contributed by atoms with E-state index in [4.69, 9.17) is 4.74 Å². The zero-order valence-corrected chi connectivity index (χ0v) is 15.9. The van der Waals surface area contributed by atoms with Gasteiger partial charge in [-0.1, -0.05) is 48.6 Å². The molecule has 1 aromatic rings. The highest BCUT2D eigenvalue weighted by molar-refractivity contribution is 5.95. The quantitative estimate of drug-likeness (QED) is 0.666. The van der Waals surface area contributed by atoms with Gasteiger partial charge in [-0.2, -0.15) is 13.2 Å². The number of rotatable bonds is 5. The van der Waals surface area contributed by atoms with Crippen LogP contribution in [0.4, 0.5) is 18.0 Å². The molecule has 1 aliphatic carbocycles. The van der Waals surface area contributed by atoms with Gasteiger partial charge in [0, 0.05) is 24.5 Å². The van der Waals surface area contributed by atoms with E-state index in [0.717, 1.165) is 17.7 Å². The molecule has 1 heterocycles. The van der Waals surface area contributed by atoms with E-state index in [1.54, 1.807) is 24.3 Å². The summed E-state index contributed by atoms with van der Waals surface area (Å²) < 4.78 is 44.1. The summed E-state index contributed by atoms with van der Waals surface area (Å²) >= 11 is 0. The molecular formula is C22H20F3NO4. The maximum atomic E-state index is 12.9. The Labute approximate surface area is 171 Å². The fourth-order valence-electron chi connectivity index (χ4n) is 3.68. The SMILES string of the molecule is O=CC[C@@H]1C(=O)C=CN(C(=O)OCc2ccccc2)[C@H]1C1C=CC(C(F)(F)F)=CC1. The van der Waals surface area contributed by atoms with Gasteiger partial charge in [-0.3, -0.25) is 9.69 Å². The highest BCUT2D eigenvalue weighted by Gasteiger charge is 2.42. The van der Waals surface area contributed by atoms with Crippen LogP contribution in [-0.4, -0.2) is 35.3 Å². The van der Waals surface area contributed by atoms with Crippen LogP contribution in [0.2, 0.25) is 0 Å². The topological polar surface area (TPSA) is 63.7 Å². The Hall–Kier alpha value is -3.16. The summed E-state index contributed by atoms with van der Waals surface area (Å²) in [6.45, 7) is 0.00164. The zero-order valence-electron chi connectivity index (χ0n) is 15.9. The predicted octanol–water partition coefficient (Wildman–Crippen LogP) is 4.36. The highest BCUT2D eigenvalue weighted by Crippen LogP contribution is 2.36. The number of hydrogen-bond donors (Lipinski definition) is 0. The van der Waals surface area contributed by atoms with E-state index in [2.05, 4.69) is 0 Å². The normalized spacial score (nSPS) is 23.8. The maximum absolute atomic E-state index is 12.9. The molecular weight excluding hydrogens is 399 g/mol. The third-order valence-corrected chi connectivity index (χ3v) is 5.16. The number of benzene rings is 1. The Balaban J connectivity index is 1.81. The molecule has 0 aromatic heterocycles. The van der Waals surface area contributed by atoms with Gasteiger partial charge in [0.2, 0.25) is 0 Å². The summed E-state index contributed by atoms with van der Waals surface area (Å²) in [6.07, 6.45) is 1.01. The average Bonchev–Trinajstić information content (AvgIpc) is 2.73. The van der Waals surface area contributed by atoms with Crippen LogP contribution in [0.5, 0.6) is 0 Å². The van der Waals surface area contributed by atoms with Crippen molar-refractivity contribution in [2.24, 2.45) is 11.8 Å². The molecule has 0 N–H and O–H groups in total. The Morgan fingerprint density at radius 2 is 1.93 bits per heavy atom. The zero-order chi connectivity index (χ0) is 21.7. The van der Waals surface area contributed by atoms with Crippen LogP contribution in [0.15, 0.2) is 66.4 Å². The van der Waals surface area contributed by atoms with E-state index in [9.17, 15) is 27.6 Å². The highest BCUT2D eigenvalue weighted by atomic mass is 19.4. The molecule has 2 aliphatic rings. The van der Waals surface area contributed by atoms with Crippen molar-refractivity contribution >= 4 is 18.2 Å². The Bertz CT molecular complexity index is 889. The minimum atomic E-state index is -4.47. The van der Waals surface area contributed by atoms with Crippen LogP contribution in [0.25, 0.3) is 0 Å². The van der Waals surface area contributed by atoms with Gasteiger partial charge in [-0.05, 0) is 18.1 Å². The summed E-state index contributed by atoms with van der Waals surface area (Å²) in [4.78, 5) is 37.4. The first-order valence-electron chi connectivity index (χ1n) is 9.41. The van der Waals surface area contributed by atoms with E-state index < -0.39 is 35.7 Å². The fourth-order valence-corrected chi connectivity index (χ4v) is 3.68. The molecule has 0 saturated carbocycles. The van der Waals surface area contributed by atoms with Crippen LogP contribution in [0.3, 0.4) is 0 Å². The molecule has 8 heteroatoms. The molecule has 1 amide bonds. The molecule has 1 aromatic carbocycles. The number of nitrogens with zero attached hydrogens (tertiary/aromatic N) is 1. The second kappa shape index (κ2) is 9.11. The van der Waals surface area contributed by atoms with Crippen molar-refractivity contribution in [3.8, 4) is 0 Å². The Morgan fingerprint density at radius 3 is 2.53 bits per heavy atom. The molecule has 30 heavy (non-hydrogen) atoms. The van der Waals surface area contributed by atoms with Crippen molar-refractivity contribution in [3.05, 3.63) is 72.0 Å². The first-order valence-corrected chi connectivity index (χ1v) is 9.41. The molecule has 3 rings (SSSR count). The lowest BCUT2D eigenvalue weighted by Gasteiger charge is -2.40. The van der Waals surface area contributed by atoms with Crippen LogP contribution < -0.4 is 0 Å². The maximum Gasteiger partial charge on any atom is 0.416 e. The molecule has 1 aliphatic heterocycles. The van der Waals surface area contributed by atoms with Crippen molar-refractivity contribution in [1.82, 2.24) is 4.90 Å². The van der Waals surface area contributed by atoms with Gasteiger partial charge in [0.05, 0.1) is 11.6 Å². The number of ketones is 1. The summed E-state index contributed by atoms with van der Waals surface area (Å²) in [5.41, 5.74) is -0.0132. The van der Waals surface area contributed by atoms with Gasteiger partial charge < -0.3 is 9.53 Å². The van der Waals surface area contributed by atoms with E-state index in [1.807, 2.05) is 6.07 Å². The van der Waals surface area contributed by atoms with Crippen molar-refractivity contribution in [1.29, 1.82) is 0 Å². The third-order valence-electron chi connectivity index (χ3n) is 5.16. The molecule has 0 bridgehead atoms. The smallest absolute Gasteiger partial charge is 0.416 e. The molecule has 0 fully saturated rings. The second-order valence-electron chi connectivity index (χ2n) is 7.08. The number of halogens is 3. The van der Waals surface area contributed by atoms with E-state index in [-0.39, 0.29) is 25.2 Å². The molecule has 1 unspecified atom stereocenters. The lowest BCUT2D eigenvalue weighted by Crippen LogP contribution is -2.50. The van der Waals surface area contributed by atoms with E-state index in [0.29, 0.717) is 6.29 Å². The number of carbonyl (C=O) groups excluding carboxylic acids is 3. The number of allylic oxidation sites excluding steroid dienone is 4. The van der Waals surface area contributed by atoms with E-state index >= 15 is 0 Å². The van der Waals surface area contributed by atoms with Crippen LogP contribution in [0.1, 0.15) is 18.4 Å². The van der Waals surface area contributed by atoms with Crippen molar-refractivity contribution < 1.29 is 32.3 Å². The van der Waals surface area contributed by atoms with Gasteiger partial charge >= 0.3 is 12.3 Å². The Morgan fingerprint density at radius 1 is 1.20 bits per heavy atom. The van der Waals surface area contributed by atoms with Crippen molar-refractivity contribution in [2.45, 2.75) is 31.7 Å². The van der Waals surface area contributed by atoms with Crippen LogP contribution in [-0.2, 0) is 20.9 Å². The van der Waals surface area contributed by atoms with Crippen LogP contribution in [0, 0.1) is 11.8 Å². The summed E-state index contributed by atoms with van der Waals surface area (Å²) in [6, 6.07) is 8.15. The molecule has 0 radical (unpaired) electrons. The van der Waals surface area contributed by atoms with Gasteiger partial charge in [0.1, 0.15) is 12.9 Å². The minimum Gasteiger partial charge on any atom is -0.444 e. The number of carbonyl (C=O) groups is 3.